The number of hydrogen-bond donors (Lipinski definition) is 1. The van der Waals surface area contributed by atoms with E-state index in [9.17, 15) is 14.4 Å². The molecule has 0 spiro atoms. The molecule has 2 aromatic carbocycles. The van der Waals surface area contributed by atoms with Crippen molar-refractivity contribution < 1.29 is 14.4 Å². The Morgan fingerprint density at radius 3 is 2.28 bits per heavy atom. The minimum Gasteiger partial charge on any atom is -0.322 e. The van der Waals surface area contributed by atoms with Gasteiger partial charge in [0.2, 0.25) is 11.8 Å². The lowest BCUT2D eigenvalue weighted by Crippen LogP contribution is -2.34. The molecule has 3 aliphatic rings. The highest BCUT2D eigenvalue weighted by molar-refractivity contribution is 6.25. The van der Waals surface area contributed by atoms with E-state index in [1.54, 1.807) is 24.3 Å². The second-order valence-electron chi connectivity index (χ2n) is 7.99. The summed E-state index contributed by atoms with van der Waals surface area (Å²) in [7, 11) is 0. The zero-order chi connectivity index (χ0) is 20.1. The molecule has 29 heavy (non-hydrogen) atoms. The topological polar surface area (TPSA) is 66.5 Å². The average molecular weight is 386 g/mol. The van der Waals surface area contributed by atoms with Crippen LogP contribution in [-0.4, -0.2) is 17.7 Å². The Morgan fingerprint density at radius 2 is 1.59 bits per heavy atom. The lowest BCUT2D eigenvalue weighted by Gasteiger charge is -2.20. The molecule has 5 nitrogen and oxygen atoms in total. The van der Waals surface area contributed by atoms with Crippen molar-refractivity contribution in [3.8, 4) is 0 Å². The maximum absolute atomic E-state index is 13.2. The van der Waals surface area contributed by atoms with Crippen molar-refractivity contribution in [2.45, 2.75) is 19.8 Å². The molecule has 2 bridgehead atoms. The Labute approximate surface area is 169 Å². The predicted molar refractivity (Wildman–Crippen MR) is 110 cm³/mol. The molecule has 1 N–H and O–H groups in total. The van der Waals surface area contributed by atoms with Crippen LogP contribution in [0.25, 0.3) is 0 Å². The van der Waals surface area contributed by atoms with E-state index in [-0.39, 0.29) is 41.4 Å². The Kier molecular flexibility index (Phi) is 4.12. The van der Waals surface area contributed by atoms with E-state index in [1.807, 2.05) is 31.2 Å². The first kappa shape index (κ1) is 17.9. The minimum atomic E-state index is -0.319. The fraction of sp³-hybridized carbons (Fsp3) is 0.292. The SMILES string of the molecule is CCc1ccccc1NC(=O)c1ccccc1N1C(=O)[C@@H]2[C@H](C1=O)[C@@H]1C=C[C@H]2C1. The molecular weight excluding hydrogens is 364 g/mol. The van der Waals surface area contributed by atoms with Gasteiger partial charge in [0.25, 0.3) is 5.91 Å². The Hall–Kier alpha value is -3.21. The zero-order valence-electron chi connectivity index (χ0n) is 16.2. The molecule has 5 heteroatoms. The summed E-state index contributed by atoms with van der Waals surface area (Å²) in [6.07, 6.45) is 5.82. The quantitative estimate of drug-likeness (QED) is 0.642. The number of hydrogen-bond acceptors (Lipinski definition) is 3. The molecule has 1 heterocycles. The third-order valence-corrected chi connectivity index (χ3v) is 6.51. The summed E-state index contributed by atoms with van der Waals surface area (Å²) in [4.78, 5) is 40.7. The molecule has 1 aliphatic heterocycles. The van der Waals surface area contributed by atoms with Gasteiger partial charge in [-0.25, -0.2) is 4.90 Å². The lowest BCUT2D eigenvalue weighted by atomic mass is 9.85. The van der Waals surface area contributed by atoms with Gasteiger partial charge in [-0.1, -0.05) is 49.4 Å². The van der Waals surface area contributed by atoms with Crippen LogP contribution in [0.5, 0.6) is 0 Å². The van der Waals surface area contributed by atoms with Gasteiger partial charge in [-0.05, 0) is 48.4 Å². The number of fused-ring (bicyclic) bond motifs is 5. The number of nitrogens with one attached hydrogen (secondary N) is 1. The molecular formula is C24H22N2O3. The first-order valence-electron chi connectivity index (χ1n) is 10.1. The highest BCUT2D eigenvalue weighted by Gasteiger charge is 2.59. The molecule has 1 saturated heterocycles. The van der Waals surface area contributed by atoms with Crippen molar-refractivity contribution in [1.29, 1.82) is 0 Å². The molecule has 2 fully saturated rings. The van der Waals surface area contributed by atoms with Crippen LogP contribution in [0.1, 0.15) is 29.3 Å². The Balaban J connectivity index is 1.48. The number of imide groups is 1. The van der Waals surface area contributed by atoms with Gasteiger partial charge in [-0.2, -0.15) is 0 Å². The molecule has 2 aromatic rings. The number of aryl methyl sites for hydroxylation is 1. The summed E-state index contributed by atoms with van der Waals surface area (Å²) in [6.45, 7) is 2.03. The van der Waals surface area contributed by atoms with Crippen LogP contribution >= 0.6 is 0 Å². The maximum Gasteiger partial charge on any atom is 0.257 e. The molecule has 2 aliphatic carbocycles. The van der Waals surface area contributed by atoms with Crippen molar-refractivity contribution in [3.63, 3.8) is 0 Å². The van der Waals surface area contributed by atoms with Crippen molar-refractivity contribution in [2.24, 2.45) is 23.7 Å². The van der Waals surface area contributed by atoms with E-state index in [4.69, 9.17) is 0 Å². The first-order valence-corrected chi connectivity index (χ1v) is 10.1. The number of para-hydroxylation sites is 2. The minimum absolute atomic E-state index is 0.142. The molecule has 0 aromatic heterocycles. The third-order valence-electron chi connectivity index (χ3n) is 6.51. The summed E-state index contributed by atoms with van der Waals surface area (Å²) >= 11 is 0. The van der Waals surface area contributed by atoms with E-state index < -0.39 is 0 Å². The van der Waals surface area contributed by atoms with Crippen LogP contribution in [0.15, 0.2) is 60.7 Å². The number of amides is 3. The number of anilines is 2. The van der Waals surface area contributed by atoms with Gasteiger partial charge < -0.3 is 5.32 Å². The molecule has 146 valence electrons. The predicted octanol–water partition coefficient (Wildman–Crippen LogP) is 3.81. The number of carbonyl (C=O) groups is 3. The fourth-order valence-electron chi connectivity index (χ4n) is 5.14. The number of carbonyl (C=O) groups excluding carboxylic acids is 3. The Bertz CT molecular complexity index is 1030. The Morgan fingerprint density at radius 1 is 0.966 bits per heavy atom. The number of allylic oxidation sites excluding steroid dienone is 2. The molecule has 4 atom stereocenters. The summed E-state index contributed by atoms with van der Waals surface area (Å²) in [5.74, 6) is -0.950. The van der Waals surface area contributed by atoms with Crippen LogP contribution in [0, 0.1) is 23.7 Å². The van der Waals surface area contributed by atoms with Gasteiger partial charge in [0, 0.05) is 5.69 Å². The van der Waals surface area contributed by atoms with E-state index in [0.29, 0.717) is 11.3 Å². The van der Waals surface area contributed by atoms with Crippen molar-refractivity contribution >= 4 is 29.1 Å². The highest BCUT2D eigenvalue weighted by atomic mass is 16.2. The maximum atomic E-state index is 13.2. The second kappa shape index (κ2) is 6.69. The van der Waals surface area contributed by atoms with Gasteiger partial charge in [-0.3, -0.25) is 14.4 Å². The largest absolute Gasteiger partial charge is 0.322 e. The summed E-state index contributed by atoms with van der Waals surface area (Å²) < 4.78 is 0. The number of nitrogens with zero attached hydrogens (tertiary/aromatic N) is 1. The average Bonchev–Trinajstić information content (AvgIpc) is 3.42. The zero-order valence-corrected chi connectivity index (χ0v) is 16.2. The van der Waals surface area contributed by atoms with Crippen LogP contribution in [-0.2, 0) is 16.0 Å². The van der Waals surface area contributed by atoms with Crippen LogP contribution < -0.4 is 10.2 Å². The highest BCUT2D eigenvalue weighted by Crippen LogP contribution is 2.53. The van der Waals surface area contributed by atoms with Crippen LogP contribution in [0.2, 0.25) is 0 Å². The summed E-state index contributed by atoms with van der Waals surface area (Å²) in [6, 6.07) is 14.5. The molecule has 1 saturated carbocycles. The van der Waals surface area contributed by atoms with Crippen LogP contribution in [0.3, 0.4) is 0 Å². The molecule has 0 unspecified atom stereocenters. The van der Waals surface area contributed by atoms with E-state index >= 15 is 0 Å². The van der Waals surface area contributed by atoms with Crippen molar-refractivity contribution in [2.75, 3.05) is 10.2 Å². The molecule has 3 amide bonds. The van der Waals surface area contributed by atoms with Crippen molar-refractivity contribution in [1.82, 2.24) is 0 Å². The summed E-state index contributed by atoms with van der Waals surface area (Å²) in [5, 5.41) is 2.95. The van der Waals surface area contributed by atoms with Gasteiger partial charge in [0.1, 0.15) is 0 Å². The number of rotatable bonds is 4. The monoisotopic (exact) mass is 386 g/mol. The molecule has 5 rings (SSSR count). The standard InChI is InChI=1S/C24H22N2O3/c1-2-14-7-3-5-9-18(14)25-22(27)17-8-4-6-10-19(17)26-23(28)20-15-11-12-16(13-15)21(20)24(26)29/h3-12,15-16,20-21H,2,13H2,1H3,(H,25,27)/t15-,16+,20-,21+. The third kappa shape index (κ3) is 2.64. The normalized spacial score (nSPS) is 26.9. The van der Waals surface area contributed by atoms with Gasteiger partial charge in [0.05, 0.1) is 23.1 Å². The van der Waals surface area contributed by atoms with Gasteiger partial charge in [-0.15, -0.1) is 0 Å². The second-order valence-corrected chi connectivity index (χ2v) is 7.99. The van der Waals surface area contributed by atoms with E-state index in [2.05, 4.69) is 17.5 Å². The van der Waals surface area contributed by atoms with E-state index in [0.717, 1.165) is 24.1 Å². The lowest BCUT2D eigenvalue weighted by molar-refractivity contribution is -0.123. The van der Waals surface area contributed by atoms with Crippen LogP contribution in [0.4, 0.5) is 11.4 Å². The van der Waals surface area contributed by atoms with Gasteiger partial charge >= 0.3 is 0 Å². The number of benzene rings is 2. The van der Waals surface area contributed by atoms with E-state index in [1.165, 1.54) is 4.90 Å². The first-order chi connectivity index (χ1) is 14.1. The fourth-order valence-corrected chi connectivity index (χ4v) is 5.14. The van der Waals surface area contributed by atoms with Crippen molar-refractivity contribution in [3.05, 3.63) is 71.8 Å². The molecule has 0 radical (unpaired) electrons. The van der Waals surface area contributed by atoms with Gasteiger partial charge in [0.15, 0.2) is 0 Å². The smallest absolute Gasteiger partial charge is 0.257 e. The summed E-state index contributed by atoms with van der Waals surface area (Å²) in [5.41, 5.74) is 2.49.